The van der Waals surface area contributed by atoms with Crippen LogP contribution in [0.15, 0.2) is 61.2 Å². The smallest absolute Gasteiger partial charge is 0.238 e. The van der Waals surface area contributed by atoms with Gasteiger partial charge < -0.3 is 20.5 Å². The maximum atomic E-state index is 12.3. The number of carbonyl (C=O) groups is 1. The summed E-state index contributed by atoms with van der Waals surface area (Å²) in [6.45, 7) is 7.07. The highest BCUT2D eigenvalue weighted by atomic mass is 16.5. The molecule has 2 aromatic carbocycles. The molecule has 0 saturated heterocycles. The normalized spacial score (nSPS) is 12.6. The van der Waals surface area contributed by atoms with Crippen molar-refractivity contribution in [3.63, 3.8) is 0 Å². The molecule has 1 amide bonds. The first-order valence-electron chi connectivity index (χ1n) is 9.87. The lowest BCUT2D eigenvalue weighted by Gasteiger charge is -2.16. The molecule has 3 N–H and O–H groups in total. The minimum absolute atomic E-state index is 0.0869. The van der Waals surface area contributed by atoms with Gasteiger partial charge in [-0.15, -0.1) is 6.58 Å². The SMILES string of the molecule is C=CCOCc1ccc(COC[C@@H](C#N)NC(=O)[C@@H](N)Cc2cccc(C)c2)cc1. The number of nitrogens with one attached hydrogen (secondary N) is 1. The summed E-state index contributed by atoms with van der Waals surface area (Å²) < 4.78 is 11.0. The van der Waals surface area contributed by atoms with Crippen molar-refractivity contribution in [2.45, 2.75) is 38.6 Å². The molecule has 0 aromatic heterocycles. The maximum Gasteiger partial charge on any atom is 0.238 e. The second kappa shape index (κ2) is 12.6. The summed E-state index contributed by atoms with van der Waals surface area (Å²) in [6, 6.07) is 16.2. The molecular formula is C24H29N3O3. The number of benzene rings is 2. The van der Waals surface area contributed by atoms with E-state index in [0.29, 0.717) is 26.2 Å². The van der Waals surface area contributed by atoms with Crippen LogP contribution in [-0.4, -0.2) is 31.2 Å². The molecule has 2 rings (SSSR count). The number of carbonyl (C=O) groups excluding carboxylic acids is 1. The fourth-order valence-corrected chi connectivity index (χ4v) is 2.86. The minimum atomic E-state index is -0.757. The van der Waals surface area contributed by atoms with E-state index in [1.54, 1.807) is 6.08 Å². The molecule has 0 spiro atoms. The number of nitrogens with two attached hydrogens (primary N) is 1. The highest BCUT2D eigenvalue weighted by Crippen LogP contribution is 2.08. The van der Waals surface area contributed by atoms with Crippen LogP contribution in [0.3, 0.4) is 0 Å². The summed E-state index contributed by atoms with van der Waals surface area (Å²) in [5.74, 6) is -0.365. The first-order valence-corrected chi connectivity index (χ1v) is 9.87. The lowest BCUT2D eigenvalue weighted by Crippen LogP contribution is -2.47. The van der Waals surface area contributed by atoms with Gasteiger partial charge in [0.25, 0.3) is 0 Å². The molecule has 0 radical (unpaired) electrons. The summed E-state index contributed by atoms with van der Waals surface area (Å²) in [5, 5.41) is 12.0. The van der Waals surface area contributed by atoms with Gasteiger partial charge in [0, 0.05) is 0 Å². The number of nitriles is 1. The molecule has 0 heterocycles. The Labute approximate surface area is 178 Å². The topological polar surface area (TPSA) is 97.4 Å². The maximum absolute atomic E-state index is 12.3. The van der Waals surface area contributed by atoms with Gasteiger partial charge in [-0.25, -0.2) is 0 Å². The molecule has 0 bridgehead atoms. The number of nitrogens with zero attached hydrogens (tertiary/aromatic N) is 1. The number of hydrogen-bond acceptors (Lipinski definition) is 5. The van der Waals surface area contributed by atoms with Crippen LogP contribution >= 0.6 is 0 Å². The summed E-state index contributed by atoms with van der Waals surface area (Å²) in [4.78, 5) is 12.3. The fourth-order valence-electron chi connectivity index (χ4n) is 2.86. The Bertz CT molecular complexity index is 859. The van der Waals surface area contributed by atoms with E-state index in [4.69, 9.17) is 15.2 Å². The first kappa shape index (κ1) is 23.3. The van der Waals surface area contributed by atoms with Crippen molar-refractivity contribution in [2.24, 2.45) is 5.73 Å². The standard InChI is InChI=1S/C24H29N3O3/c1-3-11-29-15-19-7-9-20(10-8-19)16-30-17-22(14-25)27-24(28)23(26)13-21-6-4-5-18(2)12-21/h3-10,12,22-23H,1,11,13,15-17,26H2,2H3,(H,27,28)/t22-,23+/m1/s1. The van der Waals surface area contributed by atoms with Gasteiger partial charge >= 0.3 is 0 Å². The summed E-state index contributed by atoms with van der Waals surface area (Å²) in [5.41, 5.74) is 10.1. The van der Waals surface area contributed by atoms with Crippen molar-refractivity contribution in [2.75, 3.05) is 13.2 Å². The molecule has 0 aliphatic rings. The first-order chi connectivity index (χ1) is 14.5. The highest BCUT2D eigenvalue weighted by molar-refractivity contribution is 5.82. The molecule has 158 valence electrons. The minimum Gasteiger partial charge on any atom is -0.374 e. The van der Waals surface area contributed by atoms with Gasteiger partial charge in [0.15, 0.2) is 0 Å². The Kier molecular flexibility index (Phi) is 9.75. The second-order valence-corrected chi connectivity index (χ2v) is 7.13. The molecule has 0 unspecified atom stereocenters. The van der Waals surface area contributed by atoms with Crippen LogP contribution in [0.2, 0.25) is 0 Å². The number of amides is 1. The Morgan fingerprint density at radius 2 is 1.83 bits per heavy atom. The molecule has 6 nitrogen and oxygen atoms in total. The molecule has 6 heteroatoms. The lowest BCUT2D eigenvalue weighted by molar-refractivity contribution is -0.123. The molecule has 0 aliphatic heterocycles. The predicted molar refractivity (Wildman–Crippen MR) is 116 cm³/mol. The van der Waals surface area contributed by atoms with Gasteiger partial charge in [-0.05, 0) is 30.0 Å². The van der Waals surface area contributed by atoms with Crippen LogP contribution in [0, 0.1) is 18.3 Å². The lowest BCUT2D eigenvalue weighted by atomic mass is 10.0. The summed E-state index contributed by atoms with van der Waals surface area (Å²) in [6.07, 6.45) is 2.12. The van der Waals surface area contributed by atoms with E-state index < -0.39 is 12.1 Å². The van der Waals surface area contributed by atoms with Crippen LogP contribution in [0.5, 0.6) is 0 Å². The number of aryl methyl sites for hydroxylation is 1. The summed E-state index contributed by atoms with van der Waals surface area (Å²) in [7, 11) is 0. The van der Waals surface area contributed by atoms with Crippen molar-refractivity contribution in [1.29, 1.82) is 5.26 Å². The average Bonchev–Trinajstić information content (AvgIpc) is 2.74. The van der Waals surface area contributed by atoms with Gasteiger partial charge in [-0.1, -0.05) is 60.2 Å². The third-order valence-electron chi connectivity index (χ3n) is 4.43. The molecule has 2 atom stereocenters. The molecule has 0 fully saturated rings. The van der Waals surface area contributed by atoms with Crippen molar-refractivity contribution in [1.82, 2.24) is 5.32 Å². The third kappa shape index (κ3) is 8.18. The van der Waals surface area contributed by atoms with Crippen molar-refractivity contribution >= 4 is 5.91 Å². The van der Waals surface area contributed by atoms with Crippen LogP contribution < -0.4 is 11.1 Å². The predicted octanol–water partition coefficient (Wildman–Crippen LogP) is 2.79. The summed E-state index contributed by atoms with van der Waals surface area (Å²) >= 11 is 0. The van der Waals surface area contributed by atoms with Gasteiger partial charge in [0.2, 0.25) is 5.91 Å². The van der Waals surface area contributed by atoms with Crippen molar-refractivity contribution < 1.29 is 14.3 Å². The molecule has 2 aromatic rings. The Morgan fingerprint density at radius 1 is 1.17 bits per heavy atom. The van der Waals surface area contributed by atoms with E-state index in [9.17, 15) is 10.1 Å². The van der Waals surface area contributed by atoms with E-state index in [1.165, 1.54) is 0 Å². The zero-order chi connectivity index (χ0) is 21.8. The van der Waals surface area contributed by atoms with Gasteiger partial charge in [0.05, 0.1) is 38.5 Å². The quantitative estimate of drug-likeness (QED) is 0.416. The van der Waals surface area contributed by atoms with Crippen molar-refractivity contribution in [3.8, 4) is 6.07 Å². The number of hydrogen-bond donors (Lipinski definition) is 2. The highest BCUT2D eigenvalue weighted by Gasteiger charge is 2.18. The second-order valence-electron chi connectivity index (χ2n) is 7.13. The Balaban J connectivity index is 1.75. The van der Waals surface area contributed by atoms with Gasteiger partial charge in [-0.2, -0.15) is 5.26 Å². The number of rotatable bonds is 12. The average molecular weight is 408 g/mol. The third-order valence-corrected chi connectivity index (χ3v) is 4.43. The molecular weight excluding hydrogens is 378 g/mol. The Hall–Kier alpha value is -2.98. The number of ether oxygens (including phenoxy) is 2. The fraction of sp³-hybridized carbons (Fsp3) is 0.333. The van der Waals surface area contributed by atoms with E-state index >= 15 is 0 Å². The van der Waals surface area contributed by atoms with E-state index in [2.05, 4.69) is 11.9 Å². The monoisotopic (exact) mass is 407 g/mol. The molecule has 0 aliphatic carbocycles. The molecule has 0 saturated carbocycles. The van der Waals surface area contributed by atoms with Crippen LogP contribution in [0.1, 0.15) is 22.3 Å². The van der Waals surface area contributed by atoms with Crippen LogP contribution in [0.4, 0.5) is 0 Å². The zero-order valence-corrected chi connectivity index (χ0v) is 17.3. The van der Waals surface area contributed by atoms with Crippen LogP contribution in [0.25, 0.3) is 0 Å². The van der Waals surface area contributed by atoms with E-state index in [0.717, 1.165) is 22.3 Å². The molecule has 30 heavy (non-hydrogen) atoms. The van der Waals surface area contributed by atoms with E-state index in [-0.39, 0.29) is 12.5 Å². The Morgan fingerprint density at radius 3 is 2.43 bits per heavy atom. The van der Waals surface area contributed by atoms with Crippen molar-refractivity contribution in [3.05, 3.63) is 83.4 Å². The van der Waals surface area contributed by atoms with Gasteiger partial charge in [-0.3, -0.25) is 4.79 Å². The zero-order valence-electron chi connectivity index (χ0n) is 17.3. The van der Waals surface area contributed by atoms with Crippen LogP contribution in [-0.2, 0) is 33.9 Å². The van der Waals surface area contributed by atoms with Gasteiger partial charge in [0.1, 0.15) is 6.04 Å². The largest absolute Gasteiger partial charge is 0.374 e. The van der Waals surface area contributed by atoms with E-state index in [1.807, 2.05) is 61.5 Å².